The summed E-state index contributed by atoms with van der Waals surface area (Å²) in [5, 5.41) is 29.3. The smallest absolute Gasteiger partial charge is 0.314 e. The highest BCUT2D eigenvalue weighted by atomic mass is 32.1. The van der Waals surface area contributed by atoms with E-state index >= 15 is 4.39 Å². The Morgan fingerprint density at radius 1 is 1.02 bits per heavy atom. The van der Waals surface area contributed by atoms with E-state index in [-0.39, 0.29) is 35.3 Å². The number of hydrogen-bond acceptors (Lipinski definition) is 15. The number of amides is 2. The number of carbonyl (C=O) groups is 3. The summed E-state index contributed by atoms with van der Waals surface area (Å²) in [7, 11) is 4.48. The third-order valence-electron chi connectivity index (χ3n) is 15.7. The van der Waals surface area contributed by atoms with Crippen LogP contribution in [0.25, 0.3) is 38.0 Å². The molecule has 2 saturated heterocycles. The number of nitrogens with one attached hydrogen (secondary N) is 4. The number of H-pyrrole nitrogens is 1. The van der Waals surface area contributed by atoms with Crippen molar-refractivity contribution in [1.29, 1.82) is 0 Å². The van der Waals surface area contributed by atoms with Gasteiger partial charge in [-0.2, -0.15) is 15.2 Å². The SMILES string of the molecule is C=C1/C=C(C2CC2)\C(c2c(C)c(F)cc3[nH]ncc23)=C(\CCC)CN=C(OCC(C)OC)/N=C\1N1CCNCC1.CNc1ccccc1-c1cn(C(C(=O)N2CCCC2C(=O)NCc2ccc(-c3scnc3C)cc2)C(C)C)nc1C=O.CO. The average Bonchev–Trinajstić information content (AvgIpc) is 3.30. The summed E-state index contributed by atoms with van der Waals surface area (Å²) < 4.78 is 28.5. The first-order valence-electron chi connectivity index (χ1n) is 29.1. The van der Waals surface area contributed by atoms with Crippen molar-refractivity contribution >= 4 is 63.5 Å². The lowest BCUT2D eigenvalue weighted by Crippen LogP contribution is -2.48. The van der Waals surface area contributed by atoms with Gasteiger partial charge in [-0.25, -0.2) is 14.4 Å². The monoisotopic (exact) mass is 1160 g/mol. The van der Waals surface area contributed by atoms with Crippen molar-refractivity contribution in [2.45, 2.75) is 105 Å². The number of aldehydes is 1. The van der Waals surface area contributed by atoms with Crippen LogP contribution in [-0.4, -0.2) is 149 Å². The number of amidine groups is 2. The molecule has 5 N–H and O–H groups in total. The number of para-hydroxylation sites is 1. The largest absolute Gasteiger partial charge is 0.461 e. The lowest BCUT2D eigenvalue weighted by molar-refractivity contribution is -0.142. The van der Waals surface area contributed by atoms with Gasteiger partial charge in [-0.3, -0.25) is 24.2 Å². The number of halogens is 1. The molecule has 84 heavy (non-hydrogen) atoms. The number of aliphatic hydroxyl groups excluding tert-OH is 1. The summed E-state index contributed by atoms with van der Waals surface area (Å²) in [6.45, 7) is 21.4. The Morgan fingerprint density at radius 3 is 2.44 bits per heavy atom. The van der Waals surface area contributed by atoms with Gasteiger partial charge in [-0.05, 0) is 122 Å². The fraction of sp³-hybridized carbons (Fsp3) is 0.438. The van der Waals surface area contributed by atoms with Crippen LogP contribution in [0.2, 0.25) is 0 Å². The van der Waals surface area contributed by atoms with Crippen molar-refractivity contribution in [3.05, 3.63) is 136 Å². The minimum absolute atomic E-state index is 0.106. The first kappa shape index (κ1) is 62.4. The van der Waals surface area contributed by atoms with Crippen LogP contribution in [-0.2, 0) is 25.6 Å². The zero-order chi connectivity index (χ0) is 60.0. The van der Waals surface area contributed by atoms with E-state index in [0.29, 0.717) is 61.2 Å². The van der Waals surface area contributed by atoms with Crippen molar-refractivity contribution in [2.24, 2.45) is 21.8 Å². The number of hydrogen-bond donors (Lipinski definition) is 5. The number of aliphatic imine (C=N–C) groups is 2. The Balaban J connectivity index is 0.000000213. The molecule has 3 aromatic heterocycles. The second-order valence-electron chi connectivity index (χ2n) is 21.8. The minimum atomic E-state index is -0.657. The zero-order valence-electron chi connectivity index (χ0n) is 49.9. The third-order valence-corrected chi connectivity index (χ3v) is 16.7. The summed E-state index contributed by atoms with van der Waals surface area (Å²) >= 11 is 1.61. The number of rotatable bonds is 17. The van der Waals surface area contributed by atoms with Gasteiger partial charge in [0.05, 0.1) is 40.4 Å². The number of likely N-dealkylation sites (tertiary alicyclic amines) is 1. The number of nitrogens with zero attached hydrogens (tertiary/aromatic N) is 8. The highest BCUT2D eigenvalue weighted by Gasteiger charge is 2.40. The van der Waals surface area contributed by atoms with Crippen LogP contribution in [0.5, 0.6) is 0 Å². The fourth-order valence-corrected chi connectivity index (χ4v) is 11.9. The molecule has 3 aromatic carbocycles. The van der Waals surface area contributed by atoms with Crippen LogP contribution >= 0.6 is 11.3 Å². The maximum atomic E-state index is 15.4. The molecule has 3 unspecified atom stereocenters. The molecule has 6 aromatic rings. The topological polar surface area (TPSA) is 217 Å². The molecule has 2 amide bonds. The second-order valence-corrected chi connectivity index (χ2v) is 22.7. The molecule has 1 aliphatic carbocycles. The molecule has 446 valence electrons. The zero-order valence-corrected chi connectivity index (χ0v) is 50.7. The molecule has 20 heteroatoms. The molecule has 0 spiro atoms. The number of piperazine rings is 1. The number of anilines is 1. The maximum Gasteiger partial charge on any atom is 0.314 e. The predicted molar refractivity (Wildman–Crippen MR) is 333 cm³/mol. The normalized spacial score (nSPS) is 19.4. The molecule has 3 fully saturated rings. The summed E-state index contributed by atoms with van der Waals surface area (Å²) in [5.41, 5.74) is 14.0. The van der Waals surface area contributed by atoms with E-state index in [2.05, 4.69) is 60.7 Å². The van der Waals surface area contributed by atoms with Crippen molar-refractivity contribution in [3.8, 4) is 21.6 Å². The molecule has 4 aliphatic rings. The van der Waals surface area contributed by atoms with Crippen LogP contribution < -0.4 is 16.0 Å². The van der Waals surface area contributed by atoms with Crippen LogP contribution in [0.3, 0.4) is 0 Å². The number of methoxy groups -OCH3 is 1. The van der Waals surface area contributed by atoms with Crippen LogP contribution in [0, 0.1) is 31.5 Å². The Bertz CT molecular complexity index is 3400. The number of ether oxygens (including phenoxy) is 2. The average molecular weight is 1170 g/mol. The van der Waals surface area contributed by atoms with E-state index in [4.69, 9.17) is 24.6 Å². The minimum Gasteiger partial charge on any atom is -0.461 e. The molecular formula is C64H81FN12O6S. The van der Waals surface area contributed by atoms with Gasteiger partial charge in [-0.15, -0.1) is 11.3 Å². The Labute approximate surface area is 496 Å². The van der Waals surface area contributed by atoms with Gasteiger partial charge in [0.25, 0.3) is 0 Å². The molecule has 10 rings (SSSR count). The van der Waals surface area contributed by atoms with E-state index in [0.717, 1.165) is 138 Å². The fourth-order valence-electron chi connectivity index (χ4n) is 11.1. The highest BCUT2D eigenvalue weighted by molar-refractivity contribution is 7.13. The molecule has 18 nitrogen and oxygen atoms in total. The molecular weight excluding hydrogens is 1080 g/mol. The molecule has 0 radical (unpaired) electrons. The number of benzene rings is 3. The van der Waals surface area contributed by atoms with E-state index in [1.54, 1.807) is 34.2 Å². The summed E-state index contributed by atoms with van der Waals surface area (Å²) in [6.07, 6.45) is 11.7. The number of aromatic amines is 1. The quantitative estimate of drug-likeness (QED) is 0.0539. The van der Waals surface area contributed by atoms with Crippen molar-refractivity contribution in [1.82, 2.24) is 45.4 Å². The lowest BCUT2D eigenvalue weighted by Gasteiger charge is -2.31. The van der Waals surface area contributed by atoms with Crippen molar-refractivity contribution in [3.63, 3.8) is 0 Å². The van der Waals surface area contributed by atoms with Gasteiger partial charge >= 0.3 is 6.02 Å². The first-order valence-corrected chi connectivity index (χ1v) is 29.9. The van der Waals surface area contributed by atoms with Crippen molar-refractivity contribution < 1.29 is 33.4 Å². The second kappa shape index (κ2) is 29.2. The number of carbonyl (C=O) groups excluding carboxylic acids is 3. The van der Waals surface area contributed by atoms with Gasteiger partial charge in [0.1, 0.15) is 36.0 Å². The third kappa shape index (κ3) is 14.5. The van der Waals surface area contributed by atoms with Gasteiger partial charge in [0.2, 0.25) is 11.8 Å². The summed E-state index contributed by atoms with van der Waals surface area (Å²) in [4.78, 5) is 58.7. The number of allylic oxidation sites excluding steroid dienone is 2. The number of aliphatic hydroxyl groups is 1. The molecule has 3 atom stereocenters. The van der Waals surface area contributed by atoms with Crippen LogP contribution in [0.15, 0.2) is 112 Å². The predicted octanol–water partition coefficient (Wildman–Crippen LogP) is 10.1. The maximum absolute atomic E-state index is 15.4. The van der Waals surface area contributed by atoms with Crippen LogP contribution in [0.1, 0.15) is 105 Å². The van der Waals surface area contributed by atoms with Gasteiger partial charge in [-0.1, -0.05) is 76.2 Å². The van der Waals surface area contributed by atoms with E-state index in [1.807, 2.05) is 102 Å². The first-order chi connectivity index (χ1) is 40.7. The molecule has 3 aliphatic heterocycles. The Hall–Kier alpha value is -7.65. The van der Waals surface area contributed by atoms with E-state index in [9.17, 15) is 14.4 Å². The number of fused-ring (bicyclic) bond motifs is 1. The van der Waals surface area contributed by atoms with E-state index < -0.39 is 12.1 Å². The molecule has 1 saturated carbocycles. The summed E-state index contributed by atoms with van der Waals surface area (Å²) in [6, 6.07) is 16.4. The molecule has 6 heterocycles. The lowest BCUT2D eigenvalue weighted by atomic mass is 9.83. The van der Waals surface area contributed by atoms with Gasteiger partial charge in [0, 0.05) is 94.5 Å². The standard InChI is InChI=1S/C32H36N6O3S.C31H41FN6O2.CH4O/c1-20(2)29(38-17-25(27(18-39)36-38)24-8-5-6-9-26(24)33-4)32(41)37-15-7-10-28(37)31(40)34-16-22-11-13-23(14-12-22)30-21(3)35-19-42-30;1-6-7-23-16-34-31(40-18-20(3)39-5)36-30(38-12-10-33-11-13-38)19(2)14-24(22-8-9-22)29(23)28-21(4)26(32)15-27-25(28)17-35-37-27;1-2/h5-6,8-9,11-14,17-20,28-29,33H,7,10,15-16H2,1-4H3,(H,34,40);14-15,17,20,22,33H,2,6-13,16,18H2,1,3-5H3,(H,35,37);2H,1H3/b;24-14-,29-23+,34-31?,36-30+;. The van der Waals surface area contributed by atoms with Crippen LogP contribution in [0.4, 0.5) is 10.1 Å². The number of thiazole rings is 1. The highest BCUT2D eigenvalue weighted by Crippen LogP contribution is 2.48. The van der Waals surface area contributed by atoms with Crippen molar-refractivity contribution in [2.75, 3.05) is 72.5 Å². The Kier molecular flexibility index (Phi) is 21.7. The molecule has 0 bridgehead atoms. The van der Waals surface area contributed by atoms with Gasteiger partial charge < -0.3 is 40.3 Å². The Morgan fingerprint density at radius 2 is 1.77 bits per heavy atom. The number of aryl methyl sites for hydroxylation is 1. The number of aromatic nitrogens is 5. The van der Waals surface area contributed by atoms with Gasteiger partial charge in [0.15, 0.2) is 6.29 Å². The van der Waals surface area contributed by atoms with E-state index in [1.165, 1.54) is 11.6 Å². The summed E-state index contributed by atoms with van der Waals surface area (Å²) in [5.74, 6) is 0.462.